The largest absolute Gasteiger partial charge is 0.381 e. The van der Waals surface area contributed by atoms with Crippen molar-refractivity contribution in [1.82, 2.24) is 9.55 Å². The normalized spacial score (nSPS) is 30.5. The highest BCUT2D eigenvalue weighted by molar-refractivity contribution is 5.13. The minimum Gasteiger partial charge on any atom is -0.381 e. The van der Waals surface area contributed by atoms with E-state index in [0.717, 1.165) is 32.1 Å². The summed E-state index contributed by atoms with van der Waals surface area (Å²) < 4.78 is 7.87. The van der Waals surface area contributed by atoms with Crippen molar-refractivity contribution in [1.29, 1.82) is 0 Å². The number of aromatic nitrogens is 2. The van der Waals surface area contributed by atoms with Gasteiger partial charge in [-0.3, -0.25) is 0 Å². The second-order valence-electron chi connectivity index (χ2n) is 4.92. The van der Waals surface area contributed by atoms with Gasteiger partial charge in [-0.15, -0.1) is 0 Å². The Bertz CT molecular complexity index is 353. The van der Waals surface area contributed by atoms with Crippen LogP contribution in [0.5, 0.6) is 0 Å². The minimum atomic E-state index is 0.548. The summed E-state index contributed by atoms with van der Waals surface area (Å²) in [7, 11) is 0. The summed E-state index contributed by atoms with van der Waals surface area (Å²) in [6.07, 6.45) is 5.71. The Labute approximate surface area is 90.5 Å². The molecule has 0 amide bonds. The summed E-state index contributed by atoms with van der Waals surface area (Å²) in [5.74, 6) is 2.64. The third kappa shape index (κ3) is 1.59. The number of nitrogens with zero attached hydrogens (tertiary/aromatic N) is 2. The Morgan fingerprint density at radius 2 is 2.40 bits per heavy atom. The van der Waals surface area contributed by atoms with Gasteiger partial charge in [0.2, 0.25) is 0 Å². The van der Waals surface area contributed by atoms with Crippen LogP contribution in [0.15, 0.2) is 6.20 Å². The first-order valence-electron chi connectivity index (χ1n) is 5.96. The van der Waals surface area contributed by atoms with E-state index in [1.54, 1.807) is 0 Å². The fourth-order valence-corrected chi connectivity index (χ4v) is 2.72. The summed E-state index contributed by atoms with van der Waals surface area (Å²) >= 11 is 0. The number of hydrogen-bond acceptors (Lipinski definition) is 2. The molecule has 1 saturated heterocycles. The van der Waals surface area contributed by atoms with Gasteiger partial charge >= 0.3 is 0 Å². The third-order valence-corrected chi connectivity index (χ3v) is 3.67. The van der Waals surface area contributed by atoms with E-state index in [9.17, 15) is 0 Å². The number of ether oxygens (including phenoxy) is 1. The molecular weight excluding hydrogens is 188 g/mol. The number of fused-ring (bicyclic) bond motifs is 1. The molecular formula is C12H18N2O. The highest BCUT2D eigenvalue weighted by Crippen LogP contribution is 2.29. The van der Waals surface area contributed by atoms with Crippen molar-refractivity contribution in [2.24, 2.45) is 5.92 Å². The van der Waals surface area contributed by atoms with Crippen molar-refractivity contribution in [3.63, 3.8) is 0 Å². The van der Waals surface area contributed by atoms with Gasteiger partial charge in [0, 0.05) is 31.0 Å². The average molecular weight is 206 g/mol. The summed E-state index contributed by atoms with van der Waals surface area (Å²) in [6, 6.07) is 0. The molecule has 1 aromatic rings. The molecule has 2 aliphatic rings. The maximum Gasteiger partial charge on any atom is 0.114 e. The van der Waals surface area contributed by atoms with Gasteiger partial charge < -0.3 is 9.30 Å². The molecule has 3 heteroatoms. The van der Waals surface area contributed by atoms with Crippen LogP contribution in [0.2, 0.25) is 0 Å². The van der Waals surface area contributed by atoms with E-state index in [0.29, 0.717) is 5.92 Å². The van der Waals surface area contributed by atoms with Gasteiger partial charge in [-0.2, -0.15) is 0 Å². The highest BCUT2D eigenvalue weighted by Gasteiger charge is 2.26. The van der Waals surface area contributed by atoms with Gasteiger partial charge in [0.1, 0.15) is 5.82 Å². The van der Waals surface area contributed by atoms with Crippen LogP contribution in [0, 0.1) is 5.92 Å². The van der Waals surface area contributed by atoms with Crippen LogP contribution in [0.4, 0.5) is 0 Å². The van der Waals surface area contributed by atoms with Gasteiger partial charge in [0.05, 0.1) is 6.61 Å². The van der Waals surface area contributed by atoms with E-state index in [2.05, 4.69) is 22.7 Å². The van der Waals surface area contributed by atoms with E-state index in [1.807, 2.05) is 0 Å². The van der Waals surface area contributed by atoms with Crippen molar-refractivity contribution in [3.8, 4) is 0 Å². The van der Waals surface area contributed by atoms with Crippen LogP contribution in [-0.4, -0.2) is 22.8 Å². The third-order valence-electron chi connectivity index (χ3n) is 3.67. The van der Waals surface area contributed by atoms with Crippen LogP contribution in [-0.2, 0) is 17.7 Å². The lowest BCUT2D eigenvalue weighted by Gasteiger charge is -2.23. The van der Waals surface area contributed by atoms with Crippen molar-refractivity contribution in [2.75, 3.05) is 13.2 Å². The van der Waals surface area contributed by atoms with E-state index < -0.39 is 0 Å². The second-order valence-corrected chi connectivity index (χ2v) is 4.92. The molecule has 0 aliphatic carbocycles. The molecule has 1 fully saturated rings. The first-order chi connectivity index (χ1) is 7.34. The lowest BCUT2D eigenvalue weighted by molar-refractivity contribution is 0.192. The Kier molecular flexibility index (Phi) is 2.28. The fraction of sp³-hybridized carbons (Fsp3) is 0.750. The predicted molar refractivity (Wildman–Crippen MR) is 57.9 cm³/mol. The molecule has 0 N–H and O–H groups in total. The lowest BCUT2D eigenvalue weighted by Crippen LogP contribution is -2.20. The highest BCUT2D eigenvalue weighted by atomic mass is 16.5. The zero-order valence-corrected chi connectivity index (χ0v) is 9.28. The van der Waals surface area contributed by atoms with Crippen LogP contribution < -0.4 is 0 Å². The molecule has 2 atom stereocenters. The number of imidazole rings is 1. The van der Waals surface area contributed by atoms with Gasteiger partial charge in [0.25, 0.3) is 0 Å². The van der Waals surface area contributed by atoms with Gasteiger partial charge in [-0.1, -0.05) is 6.92 Å². The summed E-state index contributed by atoms with van der Waals surface area (Å²) in [4.78, 5) is 4.60. The van der Waals surface area contributed by atoms with Gasteiger partial charge in [0.15, 0.2) is 0 Å². The maximum absolute atomic E-state index is 5.44. The quantitative estimate of drug-likeness (QED) is 0.702. The second kappa shape index (κ2) is 3.63. The average Bonchev–Trinajstić information content (AvgIpc) is 2.82. The number of rotatable bonds is 1. The number of hydrogen-bond donors (Lipinski definition) is 0. The maximum atomic E-state index is 5.44. The molecule has 0 radical (unpaired) electrons. The fourth-order valence-electron chi connectivity index (χ4n) is 2.72. The van der Waals surface area contributed by atoms with Gasteiger partial charge in [-0.25, -0.2) is 4.98 Å². The smallest absolute Gasteiger partial charge is 0.114 e. The van der Waals surface area contributed by atoms with Crippen molar-refractivity contribution >= 4 is 0 Å². The standard InChI is InChI=1S/C12H18N2O/c1-9-2-4-14-11(6-9)7-13-12(14)10-3-5-15-8-10/h7,9-10H,2-6,8H2,1H3. The lowest BCUT2D eigenvalue weighted by atomic mass is 9.98. The Hall–Kier alpha value is -0.830. The monoisotopic (exact) mass is 206 g/mol. The summed E-state index contributed by atoms with van der Waals surface area (Å²) in [6.45, 7) is 5.26. The van der Waals surface area contributed by atoms with Crippen LogP contribution in [0.3, 0.4) is 0 Å². The van der Waals surface area contributed by atoms with Crippen LogP contribution >= 0.6 is 0 Å². The predicted octanol–water partition coefficient (Wildman–Crippen LogP) is 1.97. The van der Waals surface area contributed by atoms with E-state index in [1.165, 1.54) is 24.4 Å². The molecule has 3 heterocycles. The molecule has 3 rings (SSSR count). The zero-order valence-electron chi connectivity index (χ0n) is 9.28. The van der Waals surface area contributed by atoms with Crippen LogP contribution in [0.25, 0.3) is 0 Å². The topological polar surface area (TPSA) is 27.1 Å². The Morgan fingerprint density at radius 1 is 1.47 bits per heavy atom. The Morgan fingerprint density at radius 3 is 3.20 bits per heavy atom. The first kappa shape index (κ1) is 9.40. The van der Waals surface area contributed by atoms with Crippen molar-refractivity contribution in [2.45, 2.75) is 38.6 Å². The molecule has 0 bridgehead atoms. The molecule has 82 valence electrons. The van der Waals surface area contributed by atoms with Crippen molar-refractivity contribution in [3.05, 3.63) is 17.7 Å². The summed E-state index contributed by atoms with van der Waals surface area (Å²) in [5.41, 5.74) is 1.43. The molecule has 0 saturated carbocycles. The van der Waals surface area contributed by atoms with E-state index in [-0.39, 0.29) is 0 Å². The van der Waals surface area contributed by atoms with Crippen molar-refractivity contribution < 1.29 is 4.74 Å². The van der Waals surface area contributed by atoms with E-state index >= 15 is 0 Å². The van der Waals surface area contributed by atoms with Gasteiger partial charge in [-0.05, 0) is 25.2 Å². The van der Waals surface area contributed by atoms with Crippen LogP contribution in [0.1, 0.15) is 37.2 Å². The first-order valence-corrected chi connectivity index (χ1v) is 5.96. The Balaban J connectivity index is 1.90. The molecule has 1 aromatic heterocycles. The zero-order chi connectivity index (χ0) is 10.3. The summed E-state index contributed by atoms with van der Waals surface area (Å²) in [5, 5.41) is 0. The molecule has 3 nitrogen and oxygen atoms in total. The minimum absolute atomic E-state index is 0.548. The molecule has 0 spiro atoms. The SMILES string of the molecule is CC1CCn2c(cnc2C2CCOC2)C1. The molecule has 2 aliphatic heterocycles. The molecule has 2 unspecified atom stereocenters. The molecule has 15 heavy (non-hydrogen) atoms. The molecule has 0 aromatic carbocycles. The van der Waals surface area contributed by atoms with E-state index in [4.69, 9.17) is 4.74 Å².